The van der Waals surface area contributed by atoms with Gasteiger partial charge in [0.25, 0.3) is 0 Å². The van der Waals surface area contributed by atoms with E-state index in [1.165, 1.54) is 30.7 Å². The van der Waals surface area contributed by atoms with E-state index in [2.05, 4.69) is 123 Å². The van der Waals surface area contributed by atoms with Crippen LogP contribution in [-0.4, -0.2) is 182 Å². The third-order valence-corrected chi connectivity index (χ3v) is 29.7. The molecule has 12 rings (SSSR count). The number of esters is 6. The molecule has 2 aromatic rings. The summed E-state index contributed by atoms with van der Waals surface area (Å²) in [6.45, 7) is 42.1. The third-order valence-electron chi connectivity index (χ3n) is 29.7. The molecule has 4 saturated heterocycles. The number of hydrogen-bond donors (Lipinski definition) is 0. The zero-order valence-corrected chi connectivity index (χ0v) is 85.5. The van der Waals surface area contributed by atoms with E-state index in [4.69, 9.17) is 36.2 Å². The molecule has 25 atom stereocenters. The molecule has 744 valence electrons. The molecule has 8 amide bonds. The van der Waals surface area contributed by atoms with Gasteiger partial charge in [0.05, 0.1) is 109 Å². The second-order valence-electron chi connectivity index (χ2n) is 43.0. The largest absolute Gasteiger partial charge is 0.465 e. The van der Waals surface area contributed by atoms with Gasteiger partial charge in [-0.05, 0) is 225 Å². The van der Waals surface area contributed by atoms with Crippen molar-refractivity contribution in [1.82, 2.24) is 19.6 Å². The van der Waals surface area contributed by atoms with Crippen molar-refractivity contribution < 1.29 is 95.5 Å². The van der Waals surface area contributed by atoms with Crippen LogP contribution in [0, 0.1) is 141 Å². The number of imide groups is 4. The first-order chi connectivity index (χ1) is 64.5. The highest BCUT2D eigenvalue weighted by Gasteiger charge is 2.62. The number of hydrogen-bond acceptors (Lipinski definition) is 20. The number of carbonyl (C=O) groups is 14. The molecule has 4 bridgehead atoms. The Labute approximate surface area is 814 Å². The van der Waals surface area contributed by atoms with Gasteiger partial charge in [0.2, 0.25) is 47.3 Å². The van der Waals surface area contributed by atoms with Crippen LogP contribution in [0.5, 0.6) is 0 Å². The summed E-state index contributed by atoms with van der Waals surface area (Å²) in [7, 11) is 7.51. The summed E-state index contributed by atoms with van der Waals surface area (Å²) >= 11 is 0. The Kier molecular flexibility index (Phi) is 41.8. The van der Waals surface area contributed by atoms with E-state index in [-0.39, 0.29) is 218 Å². The summed E-state index contributed by atoms with van der Waals surface area (Å²) in [4.78, 5) is 187. The summed E-state index contributed by atoms with van der Waals surface area (Å²) < 4.78 is 33.1. The molecule has 4 heterocycles. The van der Waals surface area contributed by atoms with Gasteiger partial charge in [-0.25, -0.2) is 0 Å². The number of rotatable bonds is 48. The van der Waals surface area contributed by atoms with Crippen molar-refractivity contribution in [2.24, 2.45) is 141 Å². The van der Waals surface area contributed by atoms with Crippen LogP contribution in [0.4, 0.5) is 0 Å². The van der Waals surface area contributed by atoms with Gasteiger partial charge in [-0.2, -0.15) is 9.12 Å². The average Bonchev–Trinajstić information content (AvgIpc) is 1.58. The fraction of sp³-hybridized carbons (Fsp3) is 0.670. The molecule has 6 aliphatic carbocycles. The van der Waals surface area contributed by atoms with Crippen molar-refractivity contribution >= 4 is 106 Å². The summed E-state index contributed by atoms with van der Waals surface area (Å²) in [5, 5.41) is 0. The molecule has 10 aliphatic rings. The van der Waals surface area contributed by atoms with Crippen molar-refractivity contribution in [3.05, 3.63) is 134 Å². The van der Waals surface area contributed by atoms with Gasteiger partial charge >= 0.3 is 35.8 Å². The van der Waals surface area contributed by atoms with Gasteiger partial charge in [0, 0.05) is 33.7 Å². The molecule has 21 unspecified atom stereocenters. The lowest BCUT2D eigenvalue weighted by Gasteiger charge is -2.26. The lowest BCUT2D eigenvalue weighted by Crippen LogP contribution is -2.38. The highest BCUT2D eigenvalue weighted by molar-refractivity contribution is 7.72. The normalized spacial score (nSPS) is 26.6. The topological polar surface area (TPSA) is 307 Å². The van der Waals surface area contributed by atoms with E-state index >= 15 is 0 Å². The number of carbonyl (C=O) groups excluding carboxylic acids is 14. The quantitative estimate of drug-likeness (QED) is 0.0113. The number of likely N-dealkylation sites (tertiary alicyclic amines) is 4. The Hall–Kier alpha value is -8.92. The number of ether oxygens (including phenoxy) is 6. The Balaban J connectivity index is 0.000000249. The highest BCUT2D eigenvalue weighted by atomic mass is 31.0. The monoisotopic (exact) mass is 1900 g/mol. The summed E-state index contributed by atoms with van der Waals surface area (Å²) in [6, 6.07) is 20.9. The van der Waals surface area contributed by atoms with Crippen LogP contribution in [-0.2, 0) is 95.5 Å². The molecule has 27 heteroatoms. The molecule has 24 nitrogen and oxygen atoms in total. The van der Waals surface area contributed by atoms with E-state index in [1.807, 2.05) is 72.7 Å². The fourth-order valence-corrected chi connectivity index (χ4v) is 22.4. The van der Waals surface area contributed by atoms with Crippen molar-refractivity contribution in [2.75, 3.05) is 52.6 Å². The Bertz CT molecular complexity index is 4500. The van der Waals surface area contributed by atoms with Crippen molar-refractivity contribution in [3.8, 4) is 0 Å². The van der Waals surface area contributed by atoms with Crippen LogP contribution in [0.25, 0.3) is 0 Å². The first kappa shape index (κ1) is 111. The molecule has 2 aromatic carbocycles. The second-order valence-corrected chi connectivity index (χ2v) is 44.0. The van der Waals surface area contributed by atoms with E-state index in [0.29, 0.717) is 88.4 Å². The maximum Gasteiger partial charge on any atom is 0.311 e. The van der Waals surface area contributed by atoms with Gasteiger partial charge in [0.15, 0.2) is 0 Å². The van der Waals surface area contributed by atoms with E-state index in [1.54, 1.807) is 53.7 Å². The summed E-state index contributed by atoms with van der Waals surface area (Å²) in [5.41, 5.74) is 0.700. The lowest BCUT2D eigenvalue weighted by molar-refractivity contribution is -0.160. The number of unbranched alkanes of at least 4 members (excludes halogenated alkanes) is 4. The molecule has 4 aliphatic heterocycles. The van der Waals surface area contributed by atoms with E-state index in [0.717, 1.165) is 70.6 Å². The molecule has 136 heavy (non-hydrogen) atoms. The number of allylic oxidation sites excluding steroid dienone is 8. The molecule has 8 fully saturated rings. The second kappa shape index (κ2) is 51.3. The predicted molar refractivity (Wildman–Crippen MR) is 529 cm³/mol. The van der Waals surface area contributed by atoms with Crippen LogP contribution >= 0.6 is 9.12 Å². The third kappa shape index (κ3) is 28.9. The van der Waals surface area contributed by atoms with E-state index < -0.39 is 58.3 Å². The average molecular weight is 1900 g/mol. The molecular weight excluding hydrogens is 1740 g/mol. The summed E-state index contributed by atoms with van der Waals surface area (Å²) in [5.74, 6) is -5.03. The standard InChI is InChI=1S/C55H78N2O10.C30H41NO4.C23H33NO6.CH5B2P/c1-11-35(6)28-43(40-20-16-14-17-21-40)29-37(8)67-44(58)22-18-15-19-25-56-49(59)45-38(12-2)30-41(47(45)51(56)61)23-24-42-31-39(13-3)46-48(42)52(62)57(50(46)60)26-27-65-54(64)55(9,10)32-36(7)53(63)66-33-34(4)5;1-4-20(2)17-25(22-11-7-5-8-12-22)18-21(3)35-26(32)13-9-6-10-16-31-29(33)27-23-14-15-24(19-23)28(27)30(31)34;1-13(2)12-30-21(27)14(3)11-23(4,5)22(28)29-9-8-24-19(25)17-15-6-7-16(10-15)18(17)20(24)26;1-3(2)4/h12-14,16-17,20-21,23-24,34-39,41-43,45-48H,2-3,11,15,18-19,22,25-33H2,1,4-10H3;5,7-8,11-12,14-15,20-21,23-25,27-28H,4,6,9-10,13,16-19H2,1-3H3;6-7,13-18H,8-12H2,1-5H3;4H2,1H3/b24-23-;;;/t;20?,21?,23-,24+,25?,27?,28?;14?,15-,16+,17?,18?;. The van der Waals surface area contributed by atoms with Gasteiger partial charge in [-0.15, -0.1) is 13.2 Å². The van der Waals surface area contributed by atoms with Crippen molar-refractivity contribution in [2.45, 2.75) is 270 Å². The maximum atomic E-state index is 14.0. The number of fused-ring (bicyclic) bond motifs is 12. The SMILES string of the molecule is C=CC1CC(/C=C\C2CC(C=C)C3C(=O)N(CCOC(=O)C(C)(C)CC(C)C(=O)OCC(C)C)C(=O)C23)C2C(=O)N(CCCCCC(=O)OC(C)CC(CC(C)CC)c3ccccc3)C(=O)C12.CC(C)COC(=O)C(C)CC(C)(C)C(=O)OCCN1C(=O)C2C(C1=O)[C@H]1C=C[C@@H]2C1.CCC(C)CC(CC(C)OC(=O)CCCCCN1C(=O)C2C(C1=O)[C@H]1C=C[C@@H]2C1)c1ccccc1.[B]B(C)P. The van der Waals surface area contributed by atoms with Crippen molar-refractivity contribution in [1.29, 1.82) is 0 Å². The molecule has 4 saturated carbocycles. The van der Waals surface area contributed by atoms with Gasteiger partial charge in [-0.3, -0.25) is 86.7 Å². The number of benzene rings is 2. The predicted octanol–water partition coefficient (Wildman–Crippen LogP) is 17.9. The fourth-order valence-electron chi connectivity index (χ4n) is 22.4. The maximum absolute atomic E-state index is 14.0. The van der Waals surface area contributed by atoms with Crippen molar-refractivity contribution in [3.63, 3.8) is 0 Å². The Morgan fingerprint density at radius 2 is 0.721 bits per heavy atom. The summed E-state index contributed by atoms with van der Waals surface area (Å²) in [6.07, 6.45) is 29.9. The van der Waals surface area contributed by atoms with Gasteiger partial charge in [0.1, 0.15) is 19.5 Å². The van der Waals surface area contributed by atoms with E-state index in [9.17, 15) is 67.1 Å². The first-order valence-corrected chi connectivity index (χ1v) is 51.5. The van der Waals surface area contributed by atoms with Crippen LogP contribution in [0.1, 0.15) is 262 Å². The minimum absolute atomic E-state index is 0.0236. The minimum Gasteiger partial charge on any atom is -0.465 e. The zero-order chi connectivity index (χ0) is 99.9. The van der Waals surface area contributed by atoms with Crippen LogP contribution < -0.4 is 0 Å². The smallest absolute Gasteiger partial charge is 0.311 e. The molecule has 2 radical (unpaired) electrons. The lowest BCUT2D eigenvalue weighted by atomic mass is 9.56. The minimum atomic E-state index is -1.00. The number of amides is 8. The van der Waals surface area contributed by atoms with Crippen LogP contribution in [0.15, 0.2) is 122 Å². The number of nitrogens with zero attached hydrogens (tertiary/aromatic N) is 4. The molecule has 0 aromatic heterocycles. The van der Waals surface area contributed by atoms with Gasteiger partial charge in [-0.1, -0.05) is 211 Å². The van der Waals surface area contributed by atoms with Crippen LogP contribution in [0.3, 0.4) is 0 Å². The highest BCUT2D eigenvalue weighted by Crippen LogP contribution is 2.56. The molecule has 0 spiro atoms. The Morgan fingerprint density at radius 3 is 1.01 bits per heavy atom. The molecular formula is C109H157B2N4O20P. The van der Waals surface area contributed by atoms with Crippen LogP contribution in [0.2, 0.25) is 6.82 Å². The first-order valence-electron chi connectivity index (χ1n) is 50.9. The zero-order valence-electron chi connectivity index (χ0n) is 84.3. The van der Waals surface area contributed by atoms with Gasteiger partial charge < -0.3 is 28.4 Å². The molecule has 0 N–H and O–H groups in total. The Morgan fingerprint density at radius 1 is 0.426 bits per heavy atom.